The minimum atomic E-state index is -1.60. The molecule has 1 aliphatic heterocycles. The predicted molar refractivity (Wildman–Crippen MR) is 206 cm³/mol. The number of aliphatic hydroxyl groups is 4. The van der Waals surface area contributed by atoms with Gasteiger partial charge in [0, 0.05) is 12.8 Å². The largest absolute Gasteiger partial charge is 0.462 e. The molecule has 4 N–H and O–H groups in total. The first-order chi connectivity index (χ1) is 25.3. The zero-order chi connectivity index (χ0) is 38.1. The number of hydrogen-bond donors (Lipinski definition) is 4. The van der Waals surface area contributed by atoms with Crippen LogP contribution in [-0.2, 0) is 28.5 Å². The highest BCUT2D eigenvalue weighted by molar-refractivity contribution is 5.70. The molecule has 10 heteroatoms. The van der Waals surface area contributed by atoms with Crippen molar-refractivity contribution in [3.8, 4) is 0 Å². The Balaban J connectivity index is 2.39. The van der Waals surface area contributed by atoms with E-state index in [2.05, 4.69) is 38.2 Å². The van der Waals surface area contributed by atoms with Crippen LogP contribution in [0.15, 0.2) is 24.3 Å². The third kappa shape index (κ3) is 25.2. The molecular weight excluding hydrogens is 664 g/mol. The van der Waals surface area contributed by atoms with Gasteiger partial charge in [-0.25, -0.2) is 0 Å². The molecule has 304 valence electrons. The fourth-order valence-electron chi connectivity index (χ4n) is 6.23. The van der Waals surface area contributed by atoms with Crippen LogP contribution in [0.2, 0.25) is 0 Å². The molecule has 0 spiro atoms. The van der Waals surface area contributed by atoms with Crippen molar-refractivity contribution in [2.75, 3.05) is 19.8 Å². The number of esters is 2. The number of carbonyl (C=O) groups excluding carboxylic acids is 2. The molecule has 1 heterocycles. The summed E-state index contributed by atoms with van der Waals surface area (Å²) in [5.74, 6) is -0.858. The van der Waals surface area contributed by atoms with Crippen LogP contribution in [0.4, 0.5) is 0 Å². The number of carbonyl (C=O) groups is 2. The fraction of sp³-hybridized carbons (Fsp3) is 0.857. The summed E-state index contributed by atoms with van der Waals surface area (Å²) in [4.78, 5) is 25.2. The van der Waals surface area contributed by atoms with Gasteiger partial charge >= 0.3 is 11.9 Å². The molecule has 1 aliphatic rings. The molecule has 0 aliphatic carbocycles. The smallest absolute Gasteiger partial charge is 0.306 e. The number of ether oxygens (including phenoxy) is 4. The molecule has 10 nitrogen and oxygen atoms in total. The van der Waals surface area contributed by atoms with Crippen molar-refractivity contribution in [2.45, 2.75) is 211 Å². The van der Waals surface area contributed by atoms with E-state index in [1.165, 1.54) is 103 Å². The van der Waals surface area contributed by atoms with Crippen LogP contribution in [0.25, 0.3) is 0 Å². The lowest BCUT2D eigenvalue weighted by atomic mass is 9.99. The van der Waals surface area contributed by atoms with Crippen molar-refractivity contribution in [3.05, 3.63) is 24.3 Å². The normalized spacial score (nSPS) is 21.2. The van der Waals surface area contributed by atoms with Gasteiger partial charge in [0.2, 0.25) is 0 Å². The topological polar surface area (TPSA) is 152 Å². The molecule has 6 atom stereocenters. The fourth-order valence-corrected chi connectivity index (χ4v) is 6.23. The highest BCUT2D eigenvalue weighted by atomic mass is 16.7. The van der Waals surface area contributed by atoms with Gasteiger partial charge in [-0.1, -0.05) is 147 Å². The summed E-state index contributed by atoms with van der Waals surface area (Å²) in [6.07, 6.45) is 27.7. The van der Waals surface area contributed by atoms with E-state index in [0.29, 0.717) is 6.42 Å². The van der Waals surface area contributed by atoms with Crippen molar-refractivity contribution in [1.29, 1.82) is 0 Å². The summed E-state index contributed by atoms with van der Waals surface area (Å²) >= 11 is 0. The maximum Gasteiger partial charge on any atom is 0.306 e. The Hall–Kier alpha value is -1.82. The van der Waals surface area contributed by atoms with E-state index in [-0.39, 0.29) is 32.0 Å². The maximum atomic E-state index is 12.7. The lowest BCUT2D eigenvalue weighted by Crippen LogP contribution is -2.59. The summed E-state index contributed by atoms with van der Waals surface area (Å²) in [7, 11) is 0. The van der Waals surface area contributed by atoms with Crippen molar-refractivity contribution in [3.63, 3.8) is 0 Å². The zero-order valence-electron chi connectivity index (χ0n) is 32.8. The van der Waals surface area contributed by atoms with Crippen LogP contribution in [-0.4, -0.2) is 89.0 Å². The second kappa shape index (κ2) is 33.7. The van der Waals surface area contributed by atoms with Crippen LogP contribution in [0, 0.1) is 0 Å². The number of aliphatic hydroxyl groups excluding tert-OH is 4. The monoisotopic (exact) mass is 741 g/mol. The summed E-state index contributed by atoms with van der Waals surface area (Å²) in [6.45, 7) is 3.36. The second-order valence-corrected chi connectivity index (χ2v) is 14.4. The third-order valence-corrected chi connectivity index (χ3v) is 9.59. The number of unbranched alkanes of at least 4 members (excludes halogenated alkanes) is 19. The van der Waals surface area contributed by atoms with Gasteiger partial charge in [0.05, 0.1) is 13.2 Å². The van der Waals surface area contributed by atoms with Crippen molar-refractivity contribution in [1.82, 2.24) is 0 Å². The van der Waals surface area contributed by atoms with E-state index in [0.717, 1.165) is 38.5 Å². The third-order valence-electron chi connectivity index (χ3n) is 9.59. The van der Waals surface area contributed by atoms with Crippen LogP contribution >= 0.6 is 0 Å². The number of hydrogen-bond acceptors (Lipinski definition) is 10. The Kier molecular flexibility index (Phi) is 31.3. The Morgan fingerprint density at radius 1 is 0.596 bits per heavy atom. The van der Waals surface area contributed by atoms with Crippen LogP contribution < -0.4 is 0 Å². The van der Waals surface area contributed by atoms with E-state index in [9.17, 15) is 30.0 Å². The maximum absolute atomic E-state index is 12.7. The summed E-state index contributed by atoms with van der Waals surface area (Å²) in [5, 5.41) is 39.9. The number of allylic oxidation sites excluding steroid dienone is 4. The van der Waals surface area contributed by atoms with E-state index in [1.54, 1.807) is 0 Å². The highest BCUT2D eigenvalue weighted by Gasteiger charge is 2.44. The molecule has 0 aromatic carbocycles. The minimum absolute atomic E-state index is 0.169. The van der Waals surface area contributed by atoms with Gasteiger partial charge in [-0.15, -0.1) is 0 Å². The molecule has 0 saturated carbocycles. The van der Waals surface area contributed by atoms with Gasteiger partial charge in [-0.2, -0.15) is 0 Å². The average molecular weight is 741 g/mol. The molecule has 52 heavy (non-hydrogen) atoms. The summed E-state index contributed by atoms with van der Waals surface area (Å²) < 4.78 is 22.0. The van der Waals surface area contributed by atoms with E-state index < -0.39 is 49.4 Å². The highest BCUT2D eigenvalue weighted by Crippen LogP contribution is 2.22. The molecule has 0 amide bonds. The van der Waals surface area contributed by atoms with Crippen LogP contribution in [0.1, 0.15) is 174 Å². The van der Waals surface area contributed by atoms with Gasteiger partial charge in [-0.05, 0) is 38.5 Å². The molecule has 2 unspecified atom stereocenters. The number of rotatable bonds is 34. The Bertz CT molecular complexity index is 907. The lowest BCUT2D eigenvalue weighted by Gasteiger charge is -2.39. The quantitative estimate of drug-likeness (QED) is 0.0289. The van der Waals surface area contributed by atoms with E-state index >= 15 is 0 Å². The molecule has 0 aromatic heterocycles. The predicted octanol–water partition coefficient (Wildman–Crippen LogP) is 8.16. The van der Waals surface area contributed by atoms with E-state index in [4.69, 9.17) is 18.9 Å². The van der Waals surface area contributed by atoms with Crippen molar-refractivity contribution < 1.29 is 49.0 Å². The molecule has 0 aromatic rings. The summed E-state index contributed by atoms with van der Waals surface area (Å²) in [6, 6.07) is 0. The molecule has 1 rings (SSSR count). The first-order valence-electron chi connectivity index (χ1n) is 20.9. The van der Waals surface area contributed by atoms with Gasteiger partial charge in [0.25, 0.3) is 0 Å². The molecule has 0 radical (unpaired) electrons. The SMILES string of the molecule is CCCCCCCCCCC/C=C/C/C=C/CCCC(=O)O[C@H](COC(=O)CCCCCCCCCCCC)CO[C@@H]1O[C@H](CO)[C@H](O)C(O)C1O. The molecule has 1 fully saturated rings. The molecule has 1 saturated heterocycles. The Morgan fingerprint density at radius 2 is 1.10 bits per heavy atom. The second-order valence-electron chi connectivity index (χ2n) is 14.4. The zero-order valence-corrected chi connectivity index (χ0v) is 32.8. The first kappa shape index (κ1) is 48.2. The molecule has 0 bridgehead atoms. The van der Waals surface area contributed by atoms with Crippen LogP contribution in [0.3, 0.4) is 0 Å². The van der Waals surface area contributed by atoms with Crippen molar-refractivity contribution in [2.24, 2.45) is 0 Å². The first-order valence-corrected chi connectivity index (χ1v) is 20.9. The van der Waals surface area contributed by atoms with Gasteiger partial charge in [0.1, 0.15) is 31.0 Å². The summed E-state index contributed by atoms with van der Waals surface area (Å²) in [5.41, 5.74) is 0. The Morgan fingerprint density at radius 3 is 1.65 bits per heavy atom. The van der Waals surface area contributed by atoms with E-state index in [1.807, 2.05) is 0 Å². The Labute approximate surface area is 315 Å². The van der Waals surface area contributed by atoms with Crippen LogP contribution in [0.5, 0.6) is 0 Å². The standard InChI is InChI=1S/C42H76O10/c1-3-5-7-9-11-13-15-16-17-18-19-20-21-23-25-27-29-31-38(45)51-35(34-50-42-41(48)40(47)39(46)36(32-43)52-42)33-49-37(44)30-28-26-24-22-14-12-10-8-6-4-2/h19-20,23,25,35-36,39-43,46-48H,3-18,21-22,24,26-34H2,1-2H3/b20-19+,25-23+/t35-,36-,39+,40?,41?,42-/m1/s1. The average Bonchev–Trinajstić information content (AvgIpc) is 3.14. The van der Waals surface area contributed by atoms with Crippen molar-refractivity contribution >= 4 is 11.9 Å². The lowest BCUT2D eigenvalue weighted by molar-refractivity contribution is -0.305. The van der Waals surface area contributed by atoms with Gasteiger partial charge in [-0.3, -0.25) is 9.59 Å². The van der Waals surface area contributed by atoms with Gasteiger partial charge < -0.3 is 39.4 Å². The molecular formula is C42H76O10. The minimum Gasteiger partial charge on any atom is -0.462 e. The van der Waals surface area contributed by atoms with Gasteiger partial charge in [0.15, 0.2) is 12.4 Å².